The van der Waals surface area contributed by atoms with Gasteiger partial charge in [-0.2, -0.15) is 0 Å². The SMILES string of the molecule is O=C(O)CC#Cc1cncc(C(=O)O)c1. The van der Waals surface area contributed by atoms with E-state index in [4.69, 9.17) is 10.2 Å². The van der Waals surface area contributed by atoms with E-state index in [1.54, 1.807) is 0 Å². The highest BCUT2D eigenvalue weighted by atomic mass is 16.4. The van der Waals surface area contributed by atoms with Crippen LogP contribution in [0.25, 0.3) is 0 Å². The average Bonchev–Trinajstić information content (AvgIpc) is 2.17. The van der Waals surface area contributed by atoms with E-state index in [9.17, 15) is 9.59 Å². The Balaban J connectivity index is 2.85. The fraction of sp³-hybridized carbons (Fsp3) is 0.100. The minimum atomic E-state index is -1.09. The lowest BCUT2D eigenvalue weighted by molar-refractivity contribution is -0.135. The van der Waals surface area contributed by atoms with E-state index in [1.807, 2.05) is 0 Å². The van der Waals surface area contributed by atoms with E-state index in [1.165, 1.54) is 18.5 Å². The number of aromatic carboxylic acids is 1. The van der Waals surface area contributed by atoms with Gasteiger partial charge < -0.3 is 10.2 Å². The Hall–Kier alpha value is -2.35. The second-order valence-electron chi connectivity index (χ2n) is 2.64. The second-order valence-corrected chi connectivity index (χ2v) is 2.64. The minimum absolute atomic E-state index is 0.0251. The van der Waals surface area contributed by atoms with Crippen molar-refractivity contribution in [3.05, 3.63) is 29.6 Å². The molecule has 0 spiro atoms. The highest BCUT2D eigenvalue weighted by molar-refractivity contribution is 5.87. The largest absolute Gasteiger partial charge is 0.481 e. The van der Waals surface area contributed by atoms with Gasteiger partial charge in [0.15, 0.2) is 0 Å². The van der Waals surface area contributed by atoms with Crippen LogP contribution >= 0.6 is 0 Å². The number of hydrogen-bond acceptors (Lipinski definition) is 3. The van der Waals surface area contributed by atoms with Gasteiger partial charge in [0.05, 0.1) is 5.56 Å². The molecule has 0 bridgehead atoms. The zero-order valence-electron chi connectivity index (χ0n) is 7.60. The number of aliphatic carboxylic acids is 1. The molecular formula is C10H7NO4. The maximum atomic E-state index is 10.6. The van der Waals surface area contributed by atoms with Crippen LogP contribution in [-0.4, -0.2) is 27.1 Å². The van der Waals surface area contributed by atoms with Crippen LogP contribution in [0.1, 0.15) is 22.3 Å². The molecule has 0 radical (unpaired) electrons. The minimum Gasteiger partial charge on any atom is -0.481 e. The molecule has 0 saturated carbocycles. The van der Waals surface area contributed by atoms with E-state index >= 15 is 0 Å². The van der Waals surface area contributed by atoms with E-state index in [0.717, 1.165) is 0 Å². The van der Waals surface area contributed by atoms with E-state index in [2.05, 4.69) is 16.8 Å². The van der Waals surface area contributed by atoms with Gasteiger partial charge in [0, 0.05) is 18.0 Å². The zero-order chi connectivity index (χ0) is 11.3. The van der Waals surface area contributed by atoms with Crippen LogP contribution < -0.4 is 0 Å². The maximum absolute atomic E-state index is 10.6. The number of carbonyl (C=O) groups is 2. The first-order valence-electron chi connectivity index (χ1n) is 3.98. The summed E-state index contributed by atoms with van der Waals surface area (Å²) in [6.07, 6.45) is 2.29. The molecule has 0 unspecified atom stereocenters. The molecule has 15 heavy (non-hydrogen) atoms. The van der Waals surface area contributed by atoms with Crippen molar-refractivity contribution in [1.82, 2.24) is 4.98 Å². The number of nitrogens with zero attached hydrogens (tertiary/aromatic N) is 1. The Morgan fingerprint density at radius 1 is 1.33 bits per heavy atom. The first-order valence-corrected chi connectivity index (χ1v) is 3.98. The summed E-state index contributed by atoms with van der Waals surface area (Å²) < 4.78 is 0. The fourth-order valence-corrected chi connectivity index (χ4v) is 0.847. The molecule has 0 aliphatic heterocycles. The predicted molar refractivity (Wildman–Crippen MR) is 50.3 cm³/mol. The van der Waals surface area contributed by atoms with E-state index in [-0.39, 0.29) is 12.0 Å². The van der Waals surface area contributed by atoms with Crippen LogP contribution in [0.15, 0.2) is 18.5 Å². The van der Waals surface area contributed by atoms with Crippen LogP contribution in [0.4, 0.5) is 0 Å². The Labute approximate surface area is 85.4 Å². The Kier molecular flexibility index (Phi) is 3.41. The summed E-state index contributed by atoms with van der Waals surface area (Å²) >= 11 is 0. The molecule has 2 N–H and O–H groups in total. The van der Waals surface area contributed by atoms with Crippen LogP contribution in [0, 0.1) is 11.8 Å². The van der Waals surface area contributed by atoms with Crippen molar-refractivity contribution in [2.45, 2.75) is 6.42 Å². The monoisotopic (exact) mass is 205 g/mol. The molecule has 0 aromatic carbocycles. The average molecular weight is 205 g/mol. The van der Waals surface area contributed by atoms with Gasteiger partial charge in [-0.25, -0.2) is 4.79 Å². The molecule has 0 aliphatic carbocycles. The smallest absolute Gasteiger partial charge is 0.337 e. The molecule has 0 amide bonds. The van der Waals surface area contributed by atoms with Gasteiger partial charge in [0.1, 0.15) is 6.42 Å². The van der Waals surface area contributed by atoms with Gasteiger partial charge in [-0.3, -0.25) is 9.78 Å². The number of carboxylic acid groups (broad SMARTS) is 2. The number of aromatic nitrogens is 1. The lowest BCUT2D eigenvalue weighted by Gasteiger charge is -1.93. The summed E-state index contributed by atoms with van der Waals surface area (Å²) in [7, 11) is 0. The molecule has 76 valence electrons. The highest BCUT2D eigenvalue weighted by Gasteiger charge is 2.02. The number of rotatable bonds is 2. The molecule has 1 heterocycles. The fourth-order valence-electron chi connectivity index (χ4n) is 0.847. The molecule has 1 aromatic rings. The lowest BCUT2D eigenvalue weighted by Crippen LogP contribution is -1.97. The number of carboxylic acids is 2. The molecule has 5 nitrogen and oxygen atoms in total. The van der Waals surface area contributed by atoms with Crippen molar-refractivity contribution in [3.8, 4) is 11.8 Å². The standard InChI is InChI=1S/C10H7NO4/c12-9(13)3-1-2-7-4-8(10(14)15)6-11-5-7/h4-6H,3H2,(H,12,13)(H,14,15). The van der Waals surface area contributed by atoms with Gasteiger partial charge in [-0.05, 0) is 6.07 Å². The summed E-state index contributed by atoms with van der Waals surface area (Å²) in [5, 5.41) is 17.0. The van der Waals surface area contributed by atoms with Crippen LogP contribution in [-0.2, 0) is 4.79 Å². The van der Waals surface area contributed by atoms with Crippen molar-refractivity contribution in [1.29, 1.82) is 0 Å². The van der Waals surface area contributed by atoms with Crippen molar-refractivity contribution in [3.63, 3.8) is 0 Å². The molecule has 5 heteroatoms. The molecule has 0 aliphatic rings. The third-order valence-corrected chi connectivity index (χ3v) is 1.46. The maximum Gasteiger partial charge on any atom is 0.337 e. The van der Waals surface area contributed by atoms with Crippen molar-refractivity contribution >= 4 is 11.9 Å². The van der Waals surface area contributed by atoms with Gasteiger partial charge >= 0.3 is 11.9 Å². The number of pyridine rings is 1. The first kappa shape index (κ1) is 10.7. The molecule has 0 fully saturated rings. The topological polar surface area (TPSA) is 87.5 Å². The summed E-state index contributed by atoms with van der Waals surface area (Å²) in [5.74, 6) is 2.78. The first-order chi connectivity index (χ1) is 7.09. The van der Waals surface area contributed by atoms with Gasteiger partial charge in [-0.1, -0.05) is 11.8 Å². The third kappa shape index (κ3) is 3.48. The summed E-state index contributed by atoms with van der Waals surface area (Å²) in [6, 6.07) is 1.34. The lowest BCUT2D eigenvalue weighted by atomic mass is 10.2. The quantitative estimate of drug-likeness (QED) is 0.690. The van der Waals surface area contributed by atoms with E-state index < -0.39 is 11.9 Å². The van der Waals surface area contributed by atoms with Crippen LogP contribution in [0.5, 0.6) is 0 Å². The van der Waals surface area contributed by atoms with Gasteiger partial charge in [0.25, 0.3) is 0 Å². The van der Waals surface area contributed by atoms with Crippen molar-refractivity contribution in [2.75, 3.05) is 0 Å². The molecule has 1 aromatic heterocycles. The predicted octanol–water partition coefficient (Wildman–Crippen LogP) is 0.606. The highest BCUT2D eigenvalue weighted by Crippen LogP contribution is 2.01. The van der Waals surface area contributed by atoms with Crippen LogP contribution in [0.2, 0.25) is 0 Å². The summed E-state index contributed by atoms with van der Waals surface area (Å²) in [5.41, 5.74) is 0.410. The molecule has 0 atom stereocenters. The van der Waals surface area contributed by atoms with Crippen molar-refractivity contribution in [2.24, 2.45) is 0 Å². The second kappa shape index (κ2) is 4.77. The summed E-state index contributed by atoms with van der Waals surface area (Å²) in [4.78, 5) is 24.4. The Morgan fingerprint density at radius 2 is 2.07 bits per heavy atom. The van der Waals surface area contributed by atoms with Crippen molar-refractivity contribution < 1.29 is 19.8 Å². The van der Waals surface area contributed by atoms with E-state index in [0.29, 0.717) is 5.56 Å². The Bertz CT molecular complexity index is 456. The third-order valence-electron chi connectivity index (χ3n) is 1.46. The van der Waals surface area contributed by atoms with Gasteiger partial charge in [0.2, 0.25) is 0 Å². The van der Waals surface area contributed by atoms with Crippen LogP contribution in [0.3, 0.4) is 0 Å². The normalized spacial score (nSPS) is 8.80. The Morgan fingerprint density at radius 3 is 2.67 bits per heavy atom. The molecule has 1 rings (SSSR count). The van der Waals surface area contributed by atoms with Gasteiger partial charge in [-0.15, -0.1) is 0 Å². The molecular weight excluding hydrogens is 198 g/mol. The zero-order valence-corrected chi connectivity index (χ0v) is 7.60. The number of hydrogen-bond donors (Lipinski definition) is 2. The molecule has 0 saturated heterocycles. The summed E-state index contributed by atoms with van der Waals surface area (Å²) in [6.45, 7) is 0.